The first-order valence-electron chi connectivity index (χ1n) is 5.13. The molecule has 0 aliphatic rings. The van der Waals surface area contributed by atoms with Gasteiger partial charge in [0.15, 0.2) is 0 Å². The Bertz CT molecular complexity index is 454. The predicted octanol–water partition coefficient (Wildman–Crippen LogP) is 2.32. The zero-order chi connectivity index (χ0) is 12.8. The Morgan fingerprint density at radius 2 is 2.29 bits per heavy atom. The van der Waals surface area contributed by atoms with Crippen molar-refractivity contribution < 1.29 is 9.53 Å². The number of nitrogens with zero attached hydrogens (tertiary/aromatic N) is 2. The fraction of sp³-hybridized carbons (Fsp3) is 0.333. The molecule has 0 atom stereocenters. The van der Waals surface area contributed by atoms with Crippen LogP contribution in [0.4, 0.5) is 5.69 Å². The molecule has 0 heterocycles. The molecule has 0 unspecified atom stereocenters. The van der Waals surface area contributed by atoms with Crippen molar-refractivity contribution >= 4 is 27.6 Å². The van der Waals surface area contributed by atoms with Gasteiger partial charge in [-0.3, -0.25) is 4.79 Å². The number of ether oxygens (including phenoxy) is 1. The van der Waals surface area contributed by atoms with Gasteiger partial charge >= 0.3 is 5.97 Å². The molecule has 0 fully saturated rings. The van der Waals surface area contributed by atoms with E-state index in [4.69, 9.17) is 5.26 Å². The van der Waals surface area contributed by atoms with Crippen LogP contribution in [0.2, 0.25) is 0 Å². The van der Waals surface area contributed by atoms with Crippen LogP contribution in [-0.4, -0.2) is 26.2 Å². The van der Waals surface area contributed by atoms with Crippen molar-refractivity contribution in [1.29, 1.82) is 5.26 Å². The summed E-state index contributed by atoms with van der Waals surface area (Å²) < 4.78 is 5.47. The molecule has 1 aromatic carbocycles. The summed E-state index contributed by atoms with van der Waals surface area (Å²) in [5.41, 5.74) is 1.27. The van der Waals surface area contributed by atoms with Crippen molar-refractivity contribution in [3.05, 3.63) is 28.2 Å². The highest BCUT2D eigenvalue weighted by Gasteiger charge is 2.13. The minimum Gasteiger partial charge on any atom is -0.468 e. The highest BCUT2D eigenvalue weighted by atomic mass is 79.9. The van der Waals surface area contributed by atoms with Crippen molar-refractivity contribution in [2.45, 2.75) is 6.92 Å². The van der Waals surface area contributed by atoms with E-state index in [1.54, 1.807) is 11.0 Å². The van der Waals surface area contributed by atoms with Crippen LogP contribution in [0, 0.1) is 11.3 Å². The highest BCUT2D eigenvalue weighted by Crippen LogP contribution is 2.23. The molecule has 0 radical (unpaired) electrons. The Morgan fingerprint density at radius 3 is 2.82 bits per heavy atom. The number of hydrogen-bond donors (Lipinski definition) is 0. The number of anilines is 1. The predicted molar refractivity (Wildman–Crippen MR) is 68.8 cm³/mol. The molecule has 1 aromatic rings. The lowest BCUT2D eigenvalue weighted by Crippen LogP contribution is -2.30. The second kappa shape index (κ2) is 6.26. The summed E-state index contributed by atoms with van der Waals surface area (Å²) >= 11 is 3.31. The molecule has 0 spiro atoms. The molecule has 90 valence electrons. The quantitative estimate of drug-likeness (QED) is 0.800. The number of likely N-dealkylation sites (N-methyl/N-ethyl adjacent to an activating group) is 1. The van der Waals surface area contributed by atoms with Crippen molar-refractivity contribution in [3.63, 3.8) is 0 Å². The molecule has 0 amide bonds. The summed E-state index contributed by atoms with van der Waals surface area (Å²) in [5.74, 6) is -0.321. The SMILES string of the molecule is CCN(CC(=O)OC)c1ccc(Br)cc1C#N. The molecule has 0 aromatic heterocycles. The van der Waals surface area contributed by atoms with Gasteiger partial charge in [0.05, 0.1) is 18.4 Å². The van der Waals surface area contributed by atoms with Crippen molar-refractivity contribution in [3.8, 4) is 6.07 Å². The Hall–Kier alpha value is -1.54. The number of methoxy groups -OCH3 is 1. The lowest BCUT2D eigenvalue weighted by molar-refractivity contribution is -0.138. The Kier molecular flexibility index (Phi) is 4.98. The molecular formula is C12H13BrN2O2. The average Bonchev–Trinajstić information content (AvgIpc) is 2.35. The van der Waals surface area contributed by atoms with E-state index in [0.29, 0.717) is 12.1 Å². The molecule has 4 nitrogen and oxygen atoms in total. The van der Waals surface area contributed by atoms with E-state index >= 15 is 0 Å². The monoisotopic (exact) mass is 296 g/mol. The highest BCUT2D eigenvalue weighted by molar-refractivity contribution is 9.10. The first kappa shape index (κ1) is 13.5. The zero-order valence-electron chi connectivity index (χ0n) is 9.74. The van der Waals surface area contributed by atoms with Crippen molar-refractivity contribution in [1.82, 2.24) is 0 Å². The fourth-order valence-electron chi connectivity index (χ4n) is 1.46. The van der Waals surface area contributed by atoms with Crippen LogP contribution in [-0.2, 0) is 9.53 Å². The minimum absolute atomic E-state index is 0.142. The number of halogens is 1. The lowest BCUT2D eigenvalue weighted by atomic mass is 10.1. The summed E-state index contributed by atoms with van der Waals surface area (Å²) in [5, 5.41) is 9.06. The Morgan fingerprint density at radius 1 is 1.59 bits per heavy atom. The molecule has 1 rings (SSSR count). The molecular weight excluding hydrogens is 284 g/mol. The van der Waals surface area contributed by atoms with E-state index < -0.39 is 0 Å². The third-order valence-corrected chi connectivity index (χ3v) is 2.84. The van der Waals surface area contributed by atoms with Gasteiger partial charge in [0.25, 0.3) is 0 Å². The fourth-order valence-corrected chi connectivity index (χ4v) is 1.82. The molecule has 0 bridgehead atoms. The van der Waals surface area contributed by atoms with Gasteiger partial charge in [-0.1, -0.05) is 15.9 Å². The van der Waals surface area contributed by atoms with Crippen LogP contribution in [0.25, 0.3) is 0 Å². The number of carbonyl (C=O) groups is 1. The Balaban J connectivity index is 3.04. The van der Waals surface area contributed by atoms with Gasteiger partial charge < -0.3 is 9.64 Å². The summed E-state index contributed by atoms with van der Waals surface area (Å²) in [4.78, 5) is 13.1. The number of carbonyl (C=O) groups excluding carboxylic acids is 1. The van der Waals surface area contributed by atoms with Crippen LogP contribution in [0.5, 0.6) is 0 Å². The van der Waals surface area contributed by atoms with E-state index in [2.05, 4.69) is 26.7 Å². The van der Waals surface area contributed by atoms with Gasteiger partial charge in [-0.15, -0.1) is 0 Å². The molecule has 0 saturated heterocycles. The maximum absolute atomic E-state index is 11.3. The van der Waals surface area contributed by atoms with Gasteiger partial charge in [-0.25, -0.2) is 0 Å². The van der Waals surface area contributed by atoms with Gasteiger partial charge in [0.2, 0.25) is 0 Å². The maximum atomic E-state index is 11.3. The van der Waals surface area contributed by atoms with Gasteiger partial charge in [-0.05, 0) is 25.1 Å². The number of esters is 1. The van der Waals surface area contributed by atoms with E-state index in [9.17, 15) is 4.79 Å². The van der Waals surface area contributed by atoms with Gasteiger partial charge in [0, 0.05) is 11.0 Å². The van der Waals surface area contributed by atoms with E-state index in [-0.39, 0.29) is 12.5 Å². The maximum Gasteiger partial charge on any atom is 0.325 e. The smallest absolute Gasteiger partial charge is 0.325 e. The normalized spacial score (nSPS) is 9.53. The van der Waals surface area contributed by atoms with Crippen LogP contribution in [0.3, 0.4) is 0 Å². The van der Waals surface area contributed by atoms with Crippen LogP contribution in [0.1, 0.15) is 12.5 Å². The van der Waals surface area contributed by atoms with Crippen molar-refractivity contribution in [2.75, 3.05) is 25.1 Å². The second-order valence-electron chi connectivity index (χ2n) is 3.36. The molecule has 0 aliphatic heterocycles. The summed E-state index contributed by atoms with van der Waals surface area (Å²) in [6, 6.07) is 7.51. The number of rotatable bonds is 4. The molecule has 0 N–H and O–H groups in total. The molecule has 0 saturated carbocycles. The molecule has 5 heteroatoms. The summed E-state index contributed by atoms with van der Waals surface area (Å²) in [6.45, 7) is 2.70. The van der Waals surface area contributed by atoms with Crippen LogP contribution < -0.4 is 4.90 Å². The molecule has 0 aliphatic carbocycles. The van der Waals surface area contributed by atoms with E-state index in [1.807, 2.05) is 19.1 Å². The van der Waals surface area contributed by atoms with Crippen molar-refractivity contribution in [2.24, 2.45) is 0 Å². The van der Waals surface area contributed by atoms with Gasteiger partial charge in [0.1, 0.15) is 12.6 Å². The first-order chi connectivity index (χ1) is 8.12. The average molecular weight is 297 g/mol. The van der Waals surface area contributed by atoms with Gasteiger partial charge in [-0.2, -0.15) is 5.26 Å². The van der Waals surface area contributed by atoms with E-state index in [1.165, 1.54) is 7.11 Å². The minimum atomic E-state index is -0.321. The summed E-state index contributed by atoms with van der Waals surface area (Å²) in [7, 11) is 1.35. The summed E-state index contributed by atoms with van der Waals surface area (Å²) in [6.07, 6.45) is 0. The topological polar surface area (TPSA) is 53.3 Å². The standard InChI is InChI=1S/C12H13BrN2O2/c1-3-15(8-12(16)17-2)11-5-4-10(13)6-9(11)7-14/h4-6H,3,8H2,1-2H3. The largest absolute Gasteiger partial charge is 0.468 e. The first-order valence-corrected chi connectivity index (χ1v) is 5.93. The molecule has 17 heavy (non-hydrogen) atoms. The number of benzene rings is 1. The number of hydrogen-bond acceptors (Lipinski definition) is 4. The third kappa shape index (κ3) is 3.46. The Labute approximate surface area is 109 Å². The van der Waals surface area contributed by atoms with Crippen LogP contribution >= 0.6 is 15.9 Å². The third-order valence-electron chi connectivity index (χ3n) is 2.35. The second-order valence-corrected chi connectivity index (χ2v) is 4.28. The lowest BCUT2D eigenvalue weighted by Gasteiger charge is -2.22. The van der Waals surface area contributed by atoms with E-state index in [0.717, 1.165) is 10.2 Å². The van der Waals surface area contributed by atoms with Crippen LogP contribution in [0.15, 0.2) is 22.7 Å². The number of nitriles is 1. The zero-order valence-corrected chi connectivity index (χ0v) is 11.3.